The highest BCUT2D eigenvalue weighted by molar-refractivity contribution is 6.30. The molecule has 0 radical (unpaired) electrons. The Kier molecular flexibility index (Phi) is 7.19. The predicted octanol–water partition coefficient (Wildman–Crippen LogP) is 5.34. The fourth-order valence-electron chi connectivity index (χ4n) is 4.97. The molecular formula is C28H27ClN4O4. The average molecular weight is 519 g/mol. The van der Waals surface area contributed by atoms with Gasteiger partial charge >= 0.3 is 5.97 Å². The van der Waals surface area contributed by atoms with Crippen LogP contribution in [0.4, 0.5) is 0 Å². The van der Waals surface area contributed by atoms with E-state index in [4.69, 9.17) is 26.5 Å². The first-order chi connectivity index (χ1) is 17.9. The van der Waals surface area contributed by atoms with Crippen LogP contribution in [0.1, 0.15) is 67.3 Å². The van der Waals surface area contributed by atoms with E-state index >= 15 is 0 Å². The first-order valence-electron chi connectivity index (χ1n) is 12.4. The smallest absolute Gasteiger partial charge is 0.303 e. The number of pyridine rings is 1. The number of aryl methyl sites for hydroxylation is 1. The third kappa shape index (κ3) is 5.20. The summed E-state index contributed by atoms with van der Waals surface area (Å²) in [5, 5.41) is 14.0. The summed E-state index contributed by atoms with van der Waals surface area (Å²) in [7, 11) is 0. The molecule has 3 atom stereocenters. The summed E-state index contributed by atoms with van der Waals surface area (Å²) in [6.45, 7) is 2.06. The van der Waals surface area contributed by atoms with Crippen LogP contribution in [0.2, 0.25) is 5.02 Å². The van der Waals surface area contributed by atoms with E-state index in [0.717, 1.165) is 17.0 Å². The number of allylic oxidation sites excluding steroid dienone is 1. The normalized spacial score (nSPS) is 20.3. The highest BCUT2D eigenvalue weighted by atomic mass is 35.5. The number of unbranched alkanes of at least 4 members (excludes halogenated alkanes) is 1. The van der Waals surface area contributed by atoms with E-state index in [9.17, 15) is 9.59 Å². The summed E-state index contributed by atoms with van der Waals surface area (Å²) in [6.07, 6.45) is 9.51. The van der Waals surface area contributed by atoms with Gasteiger partial charge in [0.2, 0.25) is 0 Å². The number of hydrogen-bond donors (Lipinski definition) is 1. The number of aromatic nitrogens is 3. The number of fused-ring (bicyclic) bond motifs is 1. The van der Waals surface area contributed by atoms with Crippen LogP contribution in [0.15, 0.2) is 64.8 Å². The minimum atomic E-state index is -0.834. The highest BCUT2D eigenvalue weighted by Crippen LogP contribution is 2.38. The van der Waals surface area contributed by atoms with Gasteiger partial charge in [0.05, 0.1) is 22.7 Å². The number of benzene rings is 1. The van der Waals surface area contributed by atoms with E-state index in [1.807, 2.05) is 24.3 Å². The molecule has 0 bridgehead atoms. The summed E-state index contributed by atoms with van der Waals surface area (Å²) in [6, 6.07) is 10.9. The largest absolute Gasteiger partial charge is 0.481 e. The first kappa shape index (κ1) is 24.9. The van der Waals surface area contributed by atoms with Gasteiger partial charge in [0.15, 0.2) is 6.10 Å². The summed E-state index contributed by atoms with van der Waals surface area (Å²) in [5.74, 6) is -0.349. The molecule has 1 aliphatic carbocycles. The zero-order valence-corrected chi connectivity index (χ0v) is 21.1. The molecule has 0 saturated heterocycles. The van der Waals surface area contributed by atoms with Gasteiger partial charge in [0, 0.05) is 48.5 Å². The molecule has 3 heterocycles. The van der Waals surface area contributed by atoms with Gasteiger partial charge in [-0.15, -0.1) is 0 Å². The van der Waals surface area contributed by atoms with Crippen molar-refractivity contribution in [2.45, 2.75) is 51.0 Å². The van der Waals surface area contributed by atoms with Crippen molar-refractivity contribution < 1.29 is 14.7 Å². The molecule has 3 unspecified atom stereocenters. The van der Waals surface area contributed by atoms with Crippen molar-refractivity contribution in [2.75, 3.05) is 0 Å². The van der Waals surface area contributed by atoms with Crippen LogP contribution in [-0.4, -0.2) is 31.3 Å². The number of hydrogen-bond acceptors (Lipinski definition) is 6. The van der Waals surface area contributed by atoms with E-state index in [0.29, 0.717) is 47.8 Å². The maximum absolute atomic E-state index is 13.8. The minimum Gasteiger partial charge on any atom is -0.481 e. The number of oxime groups is 1. The molecule has 1 aliphatic heterocycles. The van der Waals surface area contributed by atoms with Gasteiger partial charge < -0.3 is 9.94 Å². The van der Waals surface area contributed by atoms with Crippen LogP contribution in [0.3, 0.4) is 0 Å². The van der Waals surface area contributed by atoms with Gasteiger partial charge in [-0.1, -0.05) is 35.8 Å². The summed E-state index contributed by atoms with van der Waals surface area (Å²) >= 11 is 6.08. The Bertz CT molecular complexity index is 1420. The second-order valence-electron chi connectivity index (χ2n) is 9.38. The molecule has 8 nitrogen and oxygen atoms in total. The molecule has 0 saturated carbocycles. The maximum Gasteiger partial charge on any atom is 0.303 e. The Labute approximate surface area is 219 Å². The molecule has 1 aromatic carbocycles. The van der Waals surface area contributed by atoms with Crippen molar-refractivity contribution in [3.8, 4) is 5.69 Å². The van der Waals surface area contributed by atoms with E-state index in [-0.39, 0.29) is 29.9 Å². The van der Waals surface area contributed by atoms with Crippen LogP contribution in [0.5, 0.6) is 0 Å². The van der Waals surface area contributed by atoms with Crippen molar-refractivity contribution in [1.29, 1.82) is 0 Å². The fourth-order valence-corrected chi connectivity index (χ4v) is 5.10. The van der Waals surface area contributed by atoms with Gasteiger partial charge in [-0.05, 0) is 54.8 Å². The van der Waals surface area contributed by atoms with Crippen molar-refractivity contribution in [1.82, 2.24) is 14.5 Å². The van der Waals surface area contributed by atoms with Crippen molar-refractivity contribution in [3.05, 3.63) is 92.9 Å². The lowest BCUT2D eigenvalue weighted by Crippen LogP contribution is -2.32. The molecule has 2 aliphatic rings. The van der Waals surface area contributed by atoms with Crippen molar-refractivity contribution in [2.24, 2.45) is 11.1 Å². The Morgan fingerprint density at radius 1 is 1.16 bits per heavy atom. The SMILES string of the molecule is CC1c2nc(CCCCC(=O)O)n(-c3ccc(Cl)cc3)c(=O)c2C=CC1C1=NOC(c2ccncc2)C1. The molecule has 0 fully saturated rings. The Balaban J connectivity index is 1.46. The lowest BCUT2D eigenvalue weighted by atomic mass is 9.79. The molecule has 2 aromatic heterocycles. The topological polar surface area (TPSA) is 107 Å². The van der Waals surface area contributed by atoms with Crippen LogP contribution in [-0.2, 0) is 16.1 Å². The minimum absolute atomic E-state index is 0.0440. The fraction of sp³-hybridized carbons (Fsp3) is 0.321. The lowest BCUT2D eigenvalue weighted by Gasteiger charge is -2.27. The van der Waals surface area contributed by atoms with Gasteiger partial charge in [0.1, 0.15) is 5.82 Å². The Hall–Kier alpha value is -3.78. The van der Waals surface area contributed by atoms with Gasteiger partial charge in [-0.2, -0.15) is 0 Å². The molecule has 0 amide bonds. The molecular weight excluding hydrogens is 492 g/mol. The van der Waals surface area contributed by atoms with E-state index in [1.165, 1.54) is 0 Å². The maximum atomic E-state index is 13.8. The predicted molar refractivity (Wildman–Crippen MR) is 141 cm³/mol. The van der Waals surface area contributed by atoms with Crippen molar-refractivity contribution in [3.63, 3.8) is 0 Å². The number of carboxylic acid groups (broad SMARTS) is 1. The zero-order valence-electron chi connectivity index (χ0n) is 20.4. The summed E-state index contributed by atoms with van der Waals surface area (Å²) < 4.78 is 1.61. The molecule has 0 spiro atoms. The van der Waals surface area contributed by atoms with E-state index in [2.05, 4.69) is 17.1 Å². The van der Waals surface area contributed by atoms with Gasteiger partial charge in [-0.25, -0.2) is 4.98 Å². The summed E-state index contributed by atoms with van der Waals surface area (Å²) in [5.41, 5.74) is 3.75. The number of carboxylic acids is 1. The van der Waals surface area contributed by atoms with Gasteiger partial charge in [0.25, 0.3) is 5.56 Å². The van der Waals surface area contributed by atoms with Crippen LogP contribution >= 0.6 is 11.6 Å². The molecule has 37 heavy (non-hydrogen) atoms. The monoisotopic (exact) mass is 518 g/mol. The molecule has 5 rings (SSSR count). The molecule has 3 aromatic rings. The quantitative estimate of drug-likeness (QED) is 0.403. The second kappa shape index (κ2) is 10.7. The lowest BCUT2D eigenvalue weighted by molar-refractivity contribution is -0.137. The number of halogens is 1. The number of carbonyl (C=O) groups is 1. The first-order valence-corrected chi connectivity index (χ1v) is 12.7. The Morgan fingerprint density at radius 2 is 1.92 bits per heavy atom. The molecule has 9 heteroatoms. The molecule has 190 valence electrons. The average Bonchev–Trinajstić information content (AvgIpc) is 3.39. The Morgan fingerprint density at radius 3 is 2.65 bits per heavy atom. The second-order valence-corrected chi connectivity index (χ2v) is 9.82. The summed E-state index contributed by atoms with van der Waals surface area (Å²) in [4.78, 5) is 39.5. The standard InChI is InChI=1S/C28H27ClN4O4/c1-17-21(23-16-24(37-32-23)18-12-14-30-15-13-18)10-11-22-27(17)31-25(4-2-3-5-26(34)35)33(28(22)36)20-8-6-19(29)7-9-20/h6-15,17,21,24H,2-5,16H2,1H3,(H,34,35). The zero-order chi connectivity index (χ0) is 25.9. The number of rotatable bonds is 8. The van der Waals surface area contributed by atoms with E-state index in [1.54, 1.807) is 41.2 Å². The number of nitrogens with zero attached hydrogens (tertiary/aromatic N) is 4. The van der Waals surface area contributed by atoms with Crippen molar-refractivity contribution >= 4 is 29.4 Å². The third-order valence-electron chi connectivity index (χ3n) is 6.94. The highest BCUT2D eigenvalue weighted by Gasteiger charge is 2.35. The van der Waals surface area contributed by atoms with Crippen LogP contribution < -0.4 is 5.56 Å². The van der Waals surface area contributed by atoms with Gasteiger partial charge in [-0.3, -0.25) is 19.1 Å². The van der Waals surface area contributed by atoms with Crippen LogP contribution in [0.25, 0.3) is 11.8 Å². The molecule has 1 N–H and O–H groups in total. The van der Waals surface area contributed by atoms with Crippen LogP contribution in [0, 0.1) is 5.92 Å². The number of aliphatic carboxylic acids is 1. The third-order valence-corrected chi connectivity index (χ3v) is 7.19. The van der Waals surface area contributed by atoms with E-state index < -0.39 is 5.97 Å².